The Bertz CT molecular complexity index is 323. The zero-order valence-corrected chi connectivity index (χ0v) is 11.1. The first kappa shape index (κ1) is 13.5. The van der Waals surface area contributed by atoms with E-state index in [1.165, 1.54) is 24.8 Å². The zero-order valence-electron chi connectivity index (χ0n) is 11.1. The summed E-state index contributed by atoms with van der Waals surface area (Å²) in [6, 6.07) is 10.6. The summed E-state index contributed by atoms with van der Waals surface area (Å²) in [6.45, 7) is 4.55. The van der Waals surface area contributed by atoms with Gasteiger partial charge in [-0.1, -0.05) is 30.3 Å². The van der Waals surface area contributed by atoms with Gasteiger partial charge in [-0.15, -0.1) is 0 Å². The minimum atomic E-state index is 0.397. The van der Waals surface area contributed by atoms with Crippen molar-refractivity contribution in [1.82, 2.24) is 4.90 Å². The summed E-state index contributed by atoms with van der Waals surface area (Å²) in [7, 11) is 0. The van der Waals surface area contributed by atoms with Crippen LogP contribution in [0.25, 0.3) is 0 Å². The maximum absolute atomic E-state index is 5.81. The van der Waals surface area contributed by atoms with Crippen LogP contribution in [-0.2, 0) is 11.3 Å². The first-order valence-electron chi connectivity index (χ1n) is 6.96. The maximum Gasteiger partial charge on any atom is 0.0702 e. The molecule has 1 atom stereocenters. The van der Waals surface area contributed by atoms with Gasteiger partial charge in [0.25, 0.3) is 0 Å². The van der Waals surface area contributed by atoms with Gasteiger partial charge in [0.2, 0.25) is 0 Å². The summed E-state index contributed by atoms with van der Waals surface area (Å²) >= 11 is 0. The van der Waals surface area contributed by atoms with Crippen LogP contribution in [0.15, 0.2) is 30.3 Å². The molecule has 100 valence electrons. The fourth-order valence-electron chi connectivity index (χ4n) is 2.50. The molecule has 0 spiro atoms. The highest BCUT2D eigenvalue weighted by Gasteiger charge is 2.17. The molecule has 3 heteroatoms. The summed E-state index contributed by atoms with van der Waals surface area (Å²) in [5.41, 5.74) is 7.05. The normalized spacial score (nSPS) is 20.2. The standard InChI is InChI=1S/C15H24N2O/c16-9-10-17(12-14-6-2-1-3-7-14)13-15-8-4-5-11-18-15/h1-3,6-7,15H,4-5,8-13,16H2. The van der Waals surface area contributed by atoms with Gasteiger partial charge in [0.15, 0.2) is 0 Å². The topological polar surface area (TPSA) is 38.5 Å². The molecular weight excluding hydrogens is 224 g/mol. The second kappa shape index (κ2) is 7.52. The maximum atomic E-state index is 5.81. The number of nitrogens with zero attached hydrogens (tertiary/aromatic N) is 1. The number of rotatable bonds is 6. The quantitative estimate of drug-likeness (QED) is 0.837. The lowest BCUT2D eigenvalue weighted by Gasteiger charge is -2.29. The van der Waals surface area contributed by atoms with Crippen molar-refractivity contribution < 1.29 is 4.74 Å². The fraction of sp³-hybridized carbons (Fsp3) is 0.600. The summed E-state index contributed by atoms with van der Waals surface area (Å²) in [4.78, 5) is 2.41. The second-order valence-corrected chi connectivity index (χ2v) is 5.00. The SMILES string of the molecule is NCCN(Cc1ccccc1)CC1CCCCO1. The van der Waals surface area contributed by atoms with Crippen molar-refractivity contribution >= 4 is 0 Å². The zero-order chi connectivity index (χ0) is 12.6. The van der Waals surface area contributed by atoms with E-state index in [1.54, 1.807) is 0 Å². The molecule has 3 nitrogen and oxygen atoms in total. The van der Waals surface area contributed by atoms with E-state index in [-0.39, 0.29) is 0 Å². The van der Waals surface area contributed by atoms with Gasteiger partial charge in [0, 0.05) is 32.8 Å². The van der Waals surface area contributed by atoms with Crippen molar-refractivity contribution in [3.63, 3.8) is 0 Å². The average Bonchev–Trinajstić information content (AvgIpc) is 2.41. The van der Waals surface area contributed by atoms with Crippen LogP contribution in [0.4, 0.5) is 0 Å². The number of ether oxygens (including phenoxy) is 1. The van der Waals surface area contributed by atoms with E-state index in [2.05, 4.69) is 35.2 Å². The molecule has 1 heterocycles. The van der Waals surface area contributed by atoms with Crippen LogP contribution in [0.1, 0.15) is 24.8 Å². The molecule has 1 saturated heterocycles. The molecule has 2 rings (SSSR count). The van der Waals surface area contributed by atoms with Gasteiger partial charge in [0.05, 0.1) is 6.10 Å². The smallest absolute Gasteiger partial charge is 0.0702 e. The van der Waals surface area contributed by atoms with Crippen molar-refractivity contribution in [3.8, 4) is 0 Å². The Labute approximate surface area is 110 Å². The summed E-state index contributed by atoms with van der Waals surface area (Å²) in [5.74, 6) is 0. The van der Waals surface area contributed by atoms with E-state index >= 15 is 0 Å². The van der Waals surface area contributed by atoms with Crippen molar-refractivity contribution in [1.29, 1.82) is 0 Å². The van der Waals surface area contributed by atoms with Gasteiger partial charge in [-0.05, 0) is 24.8 Å². The first-order valence-corrected chi connectivity index (χ1v) is 6.96. The molecule has 2 N–H and O–H groups in total. The predicted molar refractivity (Wildman–Crippen MR) is 74.4 cm³/mol. The molecular formula is C15H24N2O. The van der Waals surface area contributed by atoms with Crippen molar-refractivity contribution in [2.45, 2.75) is 31.9 Å². The summed E-state index contributed by atoms with van der Waals surface area (Å²) in [5, 5.41) is 0. The number of nitrogens with two attached hydrogens (primary N) is 1. The fourth-order valence-corrected chi connectivity index (χ4v) is 2.50. The highest BCUT2D eigenvalue weighted by atomic mass is 16.5. The van der Waals surface area contributed by atoms with Crippen LogP contribution in [-0.4, -0.2) is 37.2 Å². The molecule has 0 amide bonds. The van der Waals surface area contributed by atoms with Gasteiger partial charge in [0.1, 0.15) is 0 Å². The molecule has 0 aliphatic carbocycles. The van der Waals surface area contributed by atoms with E-state index in [0.29, 0.717) is 12.6 Å². The molecule has 0 saturated carbocycles. The second-order valence-electron chi connectivity index (χ2n) is 5.00. The summed E-state index contributed by atoms with van der Waals surface area (Å²) < 4.78 is 5.81. The summed E-state index contributed by atoms with van der Waals surface area (Å²) in [6.07, 6.45) is 4.10. The van der Waals surface area contributed by atoms with Gasteiger partial charge in [-0.25, -0.2) is 0 Å². The number of hydrogen-bond donors (Lipinski definition) is 1. The minimum Gasteiger partial charge on any atom is -0.377 e. The monoisotopic (exact) mass is 248 g/mol. The van der Waals surface area contributed by atoms with Gasteiger partial charge >= 0.3 is 0 Å². The largest absolute Gasteiger partial charge is 0.377 e. The molecule has 18 heavy (non-hydrogen) atoms. The van der Waals surface area contributed by atoms with Crippen LogP contribution in [0.3, 0.4) is 0 Å². The molecule has 1 fully saturated rings. The van der Waals surface area contributed by atoms with E-state index in [0.717, 1.165) is 26.2 Å². The van der Waals surface area contributed by atoms with E-state index in [1.807, 2.05) is 0 Å². The molecule has 1 aromatic carbocycles. The molecule has 1 aliphatic rings. The van der Waals surface area contributed by atoms with Crippen molar-refractivity contribution in [2.75, 3.05) is 26.2 Å². The Morgan fingerprint density at radius 1 is 1.22 bits per heavy atom. The third kappa shape index (κ3) is 4.41. The highest BCUT2D eigenvalue weighted by Crippen LogP contribution is 2.15. The Hall–Kier alpha value is -0.900. The lowest BCUT2D eigenvalue weighted by Crippen LogP contribution is -2.38. The Balaban J connectivity index is 1.86. The van der Waals surface area contributed by atoms with Gasteiger partial charge in [-0.2, -0.15) is 0 Å². The molecule has 0 aromatic heterocycles. The minimum absolute atomic E-state index is 0.397. The van der Waals surface area contributed by atoms with E-state index < -0.39 is 0 Å². The van der Waals surface area contributed by atoms with Crippen molar-refractivity contribution in [3.05, 3.63) is 35.9 Å². The number of benzene rings is 1. The molecule has 1 aromatic rings. The van der Waals surface area contributed by atoms with Crippen molar-refractivity contribution in [2.24, 2.45) is 5.73 Å². The third-order valence-electron chi connectivity index (χ3n) is 3.43. The average molecular weight is 248 g/mol. The Morgan fingerprint density at radius 2 is 2.06 bits per heavy atom. The Morgan fingerprint density at radius 3 is 2.72 bits per heavy atom. The lowest BCUT2D eigenvalue weighted by atomic mass is 10.1. The molecule has 1 aliphatic heterocycles. The molecule has 0 radical (unpaired) electrons. The number of hydrogen-bond acceptors (Lipinski definition) is 3. The first-order chi connectivity index (χ1) is 8.88. The van der Waals surface area contributed by atoms with Crippen LogP contribution < -0.4 is 5.73 Å². The Kier molecular flexibility index (Phi) is 5.65. The van der Waals surface area contributed by atoms with Crippen LogP contribution in [0, 0.1) is 0 Å². The van der Waals surface area contributed by atoms with E-state index in [4.69, 9.17) is 10.5 Å². The highest BCUT2D eigenvalue weighted by molar-refractivity contribution is 5.14. The molecule has 1 unspecified atom stereocenters. The van der Waals surface area contributed by atoms with E-state index in [9.17, 15) is 0 Å². The van der Waals surface area contributed by atoms with Gasteiger partial charge in [-0.3, -0.25) is 4.90 Å². The predicted octanol–water partition coefficient (Wildman–Crippen LogP) is 2.02. The molecule has 0 bridgehead atoms. The van der Waals surface area contributed by atoms with Crippen LogP contribution in [0.2, 0.25) is 0 Å². The van der Waals surface area contributed by atoms with Crippen LogP contribution >= 0.6 is 0 Å². The third-order valence-corrected chi connectivity index (χ3v) is 3.43. The van der Waals surface area contributed by atoms with Gasteiger partial charge < -0.3 is 10.5 Å². The lowest BCUT2D eigenvalue weighted by molar-refractivity contribution is -0.00660. The van der Waals surface area contributed by atoms with Crippen LogP contribution in [0.5, 0.6) is 0 Å².